The highest BCUT2D eigenvalue weighted by Gasteiger charge is 2.33. The summed E-state index contributed by atoms with van der Waals surface area (Å²) >= 11 is 0. The molecule has 0 bridgehead atoms. The Labute approximate surface area is 153 Å². The van der Waals surface area contributed by atoms with Gasteiger partial charge in [-0.25, -0.2) is 0 Å². The van der Waals surface area contributed by atoms with E-state index in [9.17, 15) is 22.8 Å². The number of carbonyl (C=O) groups excluding carboxylic acids is 2. The van der Waals surface area contributed by atoms with Crippen LogP contribution >= 0.6 is 0 Å². The number of nitrogens with one attached hydrogen (secondary N) is 1. The van der Waals surface area contributed by atoms with Crippen LogP contribution < -0.4 is 15.0 Å². The van der Waals surface area contributed by atoms with Crippen molar-refractivity contribution in [3.8, 4) is 5.75 Å². The highest BCUT2D eigenvalue weighted by Crippen LogP contribution is 2.33. The molecule has 27 heavy (non-hydrogen) atoms. The largest absolute Gasteiger partial charge is 0.573 e. The lowest BCUT2D eigenvalue weighted by molar-refractivity contribution is -0.274. The smallest absolute Gasteiger partial charge is 0.406 e. The van der Waals surface area contributed by atoms with Gasteiger partial charge in [-0.1, -0.05) is 18.2 Å². The summed E-state index contributed by atoms with van der Waals surface area (Å²) in [4.78, 5) is 26.4. The van der Waals surface area contributed by atoms with Gasteiger partial charge in [-0.15, -0.1) is 13.2 Å². The van der Waals surface area contributed by atoms with Crippen molar-refractivity contribution in [1.29, 1.82) is 0 Å². The van der Waals surface area contributed by atoms with E-state index in [2.05, 4.69) is 10.1 Å². The standard InChI is InChI=1S/C19H17F3N2O3/c1-24(18(26)12-9-10-12)16-8-3-2-7-15(16)17(25)23-13-5-4-6-14(11-13)27-19(20,21)22/h2-8,11-12H,9-10H2,1H3,(H,23,25). The van der Waals surface area contributed by atoms with Gasteiger partial charge < -0.3 is 15.0 Å². The van der Waals surface area contributed by atoms with Gasteiger partial charge in [-0.05, 0) is 37.1 Å². The molecule has 1 aliphatic carbocycles. The molecule has 0 unspecified atom stereocenters. The van der Waals surface area contributed by atoms with Crippen LogP contribution in [0.5, 0.6) is 5.75 Å². The fourth-order valence-electron chi connectivity index (χ4n) is 2.65. The minimum atomic E-state index is -4.82. The molecule has 0 atom stereocenters. The van der Waals surface area contributed by atoms with Crippen molar-refractivity contribution < 1.29 is 27.5 Å². The second kappa shape index (κ2) is 7.30. The van der Waals surface area contributed by atoms with Crippen molar-refractivity contribution >= 4 is 23.2 Å². The van der Waals surface area contributed by atoms with E-state index in [0.29, 0.717) is 5.69 Å². The number of alkyl halides is 3. The van der Waals surface area contributed by atoms with Crippen LogP contribution in [-0.4, -0.2) is 25.2 Å². The number of amides is 2. The predicted molar refractivity (Wildman–Crippen MR) is 93.7 cm³/mol. The molecule has 1 saturated carbocycles. The van der Waals surface area contributed by atoms with Crippen molar-refractivity contribution in [2.75, 3.05) is 17.3 Å². The van der Waals surface area contributed by atoms with Gasteiger partial charge in [0.2, 0.25) is 5.91 Å². The highest BCUT2D eigenvalue weighted by atomic mass is 19.4. The van der Waals surface area contributed by atoms with Gasteiger partial charge in [0.15, 0.2) is 0 Å². The minimum absolute atomic E-state index is 0.0117. The summed E-state index contributed by atoms with van der Waals surface area (Å²) in [6.07, 6.45) is -3.14. The Morgan fingerprint density at radius 3 is 2.48 bits per heavy atom. The van der Waals surface area contributed by atoms with Gasteiger partial charge in [0, 0.05) is 24.7 Å². The van der Waals surface area contributed by atoms with Crippen molar-refractivity contribution in [2.45, 2.75) is 19.2 Å². The number of hydrogen-bond donors (Lipinski definition) is 1. The molecule has 142 valence electrons. The van der Waals surface area contributed by atoms with E-state index in [1.54, 1.807) is 31.3 Å². The minimum Gasteiger partial charge on any atom is -0.406 e. The Morgan fingerprint density at radius 2 is 1.81 bits per heavy atom. The van der Waals surface area contributed by atoms with E-state index in [1.165, 1.54) is 17.0 Å². The zero-order valence-electron chi connectivity index (χ0n) is 14.4. The van der Waals surface area contributed by atoms with Crippen LogP contribution in [-0.2, 0) is 4.79 Å². The maximum absolute atomic E-state index is 12.6. The predicted octanol–water partition coefficient (Wildman–Crippen LogP) is 4.21. The second-order valence-electron chi connectivity index (χ2n) is 6.22. The Kier molecular flexibility index (Phi) is 5.07. The summed E-state index contributed by atoms with van der Waals surface area (Å²) in [6, 6.07) is 11.6. The van der Waals surface area contributed by atoms with Crippen LogP contribution in [0, 0.1) is 5.92 Å². The van der Waals surface area contributed by atoms with Crippen LogP contribution in [0.15, 0.2) is 48.5 Å². The lowest BCUT2D eigenvalue weighted by atomic mass is 10.1. The van der Waals surface area contributed by atoms with Gasteiger partial charge in [-0.3, -0.25) is 9.59 Å². The van der Waals surface area contributed by atoms with Gasteiger partial charge >= 0.3 is 6.36 Å². The first-order valence-electron chi connectivity index (χ1n) is 8.28. The average molecular weight is 378 g/mol. The molecule has 0 radical (unpaired) electrons. The number of ether oxygens (including phenoxy) is 1. The van der Waals surface area contributed by atoms with Crippen molar-refractivity contribution in [1.82, 2.24) is 0 Å². The summed E-state index contributed by atoms with van der Waals surface area (Å²) in [5, 5.41) is 2.54. The summed E-state index contributed by atoms with van der Waals surface area (Å²) in [7, 11) is 1.60. The topological polar surface area (TPSA) is 58.6 Å². The molecule has 1 fully saturated rings. The maximum Gasteiger partial charge on any atom is 0.573 e. The molecule has 5 nitrogen and oxygen atoms in total. The van der Waals surface area contributed by atoms with Gasteiger partial charge in [0.1, 0.15) is 5.75 Å². The van der Waals surface area contributed by atoms with Gasteiger partial charge in [0.25, 0.3) is 5.91 Å². The number of rotatable bonds is 5. The molecule has 2 aromatic rings. The first kappa shape index (κ1) is 18.8. The molecule has 0 heterocycles. The second-order valence-corrected chi connectivity index (χ2v) is 6.22. The van der Waals surface area contributed by atoms with E-state index >= 15 is 0 Å². The Morgan fingerprint density at radius 1 is 1.11 bits per heavy atom. The third-order valence-electron chi connectivity index (χ3n) is 4.09. The zero-order valence-corrected chi connectivity index (χ0v) is 14.4. The quantitative estimate of drug-likeness (QED) is 0.848. The molecule has 0 aromatic heterocycles. The van der Waals surface area contributed by atoms with Crippen molar-refractivity contribution in [3.63, 3.8) is 0 Å². The van der Waals surface area contributed by atoms with Crippen LogP contribution in [0.25, 0.3) is 0 Å². The van der Waals surface area contributed by atoms with Gasteiger partial charge in [0.05, 0.1) is 11.3 Å². The average Bonchev–Trinajstić information content (AvgIpc) is 3.44. The fourth-order valence-corrected chi connectivity index (χ4v) is 2.65. The molecule has 2 amide bonds. The molecule has 1 aliphatic rings. The van der Waals surface area contributed by atoms with E-state index < -0.39 is 18.0 Å². The number of hydrogen-bond acceptors (Lipinski definition) is 3. The summed E-state index contributed by atoms with van der Waals surface area (Å²) in [5.74, 6) is -1.04. The van der Waals surface area contributed by atoms with E-state index in [-0.39, 0.29) is 23.1 Å². The number of anilines is 2. The fraction of sp³-hybridized carbons (Fsp3) is 0.263. The van der Waals surface area contributed by atoms with Gasteiger partial charge in [-0.2, -0.15) is 0 Å². The molecule has 0 spiro atoms. The van der Waals surface area contributed by atoms with Crippen molar-refractivity contribution in [3.05, 3.63) is 54.1 Å². The Balaban J connectivity index is 1.79. The highest BCUT2D eigenvalue weighted by molar-refractivity contribution is 6.11. The van der Waals surface area contributed by atoms with Crippen LogP contribution in [0.3, 0.4) is 0 Å². The Bertz CT molecular complexity index is 863. The SMILES string of the molecule is CN(C(=O)C1CC1)c1ccccc1C(=O)Nc1cccc(OC(F)(F)F)c1. The zero-order chi connectivity index (χ0) is 19.6. The first-order valence-corrected chi connectivity index (χ1v) is 8.28. The molecular weight excluding hydrogens is 361 g/mol. The van der Waals surface area contributed by atoms with Crippen LogP contribution in [0.4, 0.5) is 24.5 Å². The number of para-hydroxylation sites is 1. The number of carbonyl (C=O) groups is 2. The first-order chi connectivity index (χ1) is 12.7. The van der Waals surface area contributed by atoms with Crippen LogP contribution in [0.1, 0.15) is 23.2 Å². The van der Waals surface area contributed by atoms with Crippen LogP contribution in [0.2, 0.25) is 0 Å². The molecule has 1 N–H and O–H groups in total. The molecule has 2 aromatic carbocycles. The molecule has 3 rings (SSSR count). The number of nitrogens with zero attached hydrogens (tertiary/aromatic N) is 1. The third kappa shape index (κ3) is 4.78. The third-order valence-corrected chi connectivity index (χ3v) is 4.09. The normalized spacial score (nSPS) is 13.8. The number of benzene rings is 2. The summed E-state index contributed by atoms with van der Waals surface area (Å²) in [6.45, 7) is 0. The van der Waals surface area contributed by atoms with E-state index in [0.717, 1.165) is 25.0 Å². The van der Waals surface area contributed by atoms with Crippen molar-refractivity contribution in [2.24, 2.45) is 5.92 Å². The molecular formula is C19H17F3N2O3. The monoisotopic (exact) mass is 378 g/mol. The number of halogens is 3. The summed E-state index contributed by atoms with van der Waals surface area (Å²) < 4.78 is 40.9. The molecule has 0 aliphatic heterocycles. The Hall–Kier alpha value is -3.03. The molecule has 8 heteroatoms. The summed E-state index contributed by atoms with van der Waals surface area (Å²) in [5.41, 5.74) is 0.832. The lowest BCUT2D eigenvalue weighted by Crippen LogP contribution is -2.29. The maximum atomic E-state index is 12.6. The van der Waals surface area contributed by atoms with E-state index in [4.69, 9.17) is 0 Å². The lowest BCUT2D eigenvalue weighted by Gasteiger charge is -2.20. The van der Waals surface area contributed by atoms with E-state index in [1.807, 2.05) is 0 Å². The molecule has 0 saturated heterocycles.